The first-order chi connectivity index (χ1) is 20.3. The first-order valence-corrected chi connectivity index (χ1v) is 14.7. The van der Waals surface area contributed by atoms with Crippen molar-refractivity contribution in [2.24, 2.45) is 0 Å². The number of aryl methyl sites for hydroxylation is 1. The van der Waals surface area contributed by atoms with Gasteiger partial charge in [-0.15, -0.1) is 11.3 Å². The number of aromatic nitrogens is 3. The summed E-state index contributed by atoms with van der Waals surface area (Å²) in [5, 5.41) is 13.0. The molecule has 2 atom stereocenters. The number of halogens is 1. The standard InChI is InChI=1S/C29H31FN4O7S/c1-15-23-27(37)34(20-9-10-31-25(20)36)29(38)33(28(23)42-24(15)26-32-11-12-40-26)14-22(41-18-6-4-17(35)5-7-18)19-13-16(30)3-8-21(19)39-2/h3,8,11-13,17-18,20,22,35H,4-7,9-10,14H2,1-2H3,(H,31,36)/t17-,18-,20-,22-/m0/s1. The minimum atomic E-state index is -0.965. The molecule has 0 bridgehead atoms. The maximum absolute atomic E-state index is 14.6. The summed E-state index contributed by atoms with van der Waals surface area (Å²) in [5.74, 6) is -0.214. The Labute approximate surface area is 243 Å². The number of hydrogen-bond acceptors (Lipinski definition) is 9. The number of aliphatic hydroxyl groups excluding tert-OH is 1. The Balaban J connectivity index is 1.55. The van der Waals surface area contributed by atoms with E-state index < -0.39 is 41.2 Å². The number of methoxy groups -OCH3 is 1. The molecule has 222 valence electrons. The fraction of sp³-hybridized carbons (Fsp3) is 0.448. The predicted molar refractivity (Wildman–Crippen MR) is 152 cm³/mol. The van der Waals surface area contributed by atoms with Gasteiger partial charge in [-0.05, 0) is 62.8 Å². The van der Waals surface area contributed by atoms with Crippen molar-refractivity contribution in [2.45, 2.75) is 69.9 Å². The van der Waals surface area contributed by atoms with Gasteiger partial charge in [0.1, 0.15) is 34.8 Å². The summed E-state index contributed by atoms with van der Waals surface area (Å²) < 4.78 is 34.7. The second-order valence-electron chi connectivity index (χ2n) is 10.7. The van der Waals surface area contributed by atoms with Crippen molar-refractivity contribution in [3.63, 3.8) is 0 Å². The van der Waals surface area contributed by atoms with E-state index in [0.717, 1.165) is 4.57 Å². The quantitative estimate of drug-likeness (QED) is 0.315. The fourth-order valence-electron chi connectivity index (χ4n) is 5.92. The van der Waals surface area contributed by atoms with Gasteiger partial charge in [0.25, 0.3) is 5.56 Å². The van der Waals surface area contributed by atoms with Crippen LogP contribution in [0.25, 0.3) is 21.0 Å². The van der Waals surface area contributed by atoms with E-state index in [4.69, 9.17) is 13.9 Å². The third kappa shape index (κ3) is 5.05. The third-order valence-corrected chi connectivity index (χ3v) is 9.39. The summed E-state index contributed by atoms with van der Waals surface area (Å²) in [6, 6.07) is 3.14. The summed E-state index contributed by atoms with van der Waals surface area (Å²) >= 11 is 1.18. The lowest BCUT2D eigenvalue weighted by Crippen LogP contribution is -2.44. The second-order valence-corrected chi connectivity index (χ2v) is 11.7. The number of rotatable bonds is 8. The highest BCUT2D eigenvalue weighted by Gasteiger charge is 2.34. The van der Waals surface area contributed by atoms with Gasteiger partial charge >= 0.3 is 5.69 Å². The summed E-state index contributed by atoms with van der Waals surface area (Å²) in [6.45, 7) is 2.01. The number of ether oxygens (including phenoxy) is 2. The number of oxazole rings is 1. The van der Waals surface area contributed by atoms with Gasteiger partial charge in [-0.25, -0.2) is 18.7 Å². The molecule has 3 aromatic heterocycles. The van der Waals surface area contributed by atoms with Gasteiger partial charge in [-0.1, -0.05) is 0 Å². The largest absolute Gasteiger partial charge is 0.496 e. The minimum absolute atomic E-state index is 0.0895. The van der Waals surface area contributed by atoms with Crippen LogP contribution in [0, 0.1) is 12.7 Å². The highest BCUT2D eigenvalue weighted by molar-refractivity contribution is 7.22. The zero-order valence-electron chi connectivity index (χ0n) is 23.2. The Bertz CT molecular complexity index is 1740. The van der Waals surface area contributed by atoms with Crippen LogP contribution in [0.3, 0.4) is 0 Å². The SMILES string of the molecule is COc1ccc(F)cc1[C@H](Cn1c(=O)n([C@H]2CCNC2=O)c(=O)c2c(C)c(-c3ncco3)sc21)O[C@H]1CC[C@H](O)CC1. The average Bonchev–Trinajstić information content (AvgIpc) is 3.73. The van der Waals surface area contributed by atoms with Crippen molar-refractivity contribution >= 4 is 27.5 Å². The molecule has 1 aliphatic heterocycles. The molecule has 4 aromatic rings. The molecule has 2 fully saturated rings. The first kappa shape index (κ1) is 28.3. The third-order valence-electron chi connectivity index (χ3n) is 8.09. The molecule has 2 aliphatic rings. The molecule has 1 saturated carbocycles. The van der Waals surface area contributed by atoms with E-state index in [9.17, 15) is 23.9 Å². The molecule has 1 aromatic carbocycles. The molecule has 4 heterocycles. The van der Waals surface area contributed by atoms with Crippen molar-refractivity contribution in [3.8, 4) is 16.5 Å². The molecular formula is C29H31FN4O7S. The van der Waals surface area contributed by atoms with Gasteiger partial charge in [-0.3, -0.25) is 14.2 Å². The predicted octanol–water partition coefficient (Wildman–Crippen LogP) is 3.46. The molecule has 1 saturated heterocycles. The van der Waals surface area contributed by atoms with Gasteiger partial charge in [0.15, 0.2) is 0 Å². The zero-order chi connectivity index (χ0) is 29.5. The number of amides is 1. The number of nitrogens with one attached hydrogen (secondary N) is 1. The van der Waals surface area contributed by atoms with Crippen molar-refractivity contribution in [1.29, 1.82) is 0 Å². The zero-order valence-corrected chi connectivity index (χ0v) is 24.0. The van der Waals surface area contributed by atoms with Crippen molar-refractivity contribution in [3.05, 3.63) is 68.4 Å². The number of carbonyl (C=O) groups excluding carboxylic acids is 1. The monoisotopic (exact) mass is 598 g/mol. The van der Waals surface area contributed by atoms with Crippen LogP contribution in [0.2, 0.25) is 0 Å². The van der Waals surface area contributed by atoms with Crippen LogP contribution in [0.4, 0.5) is 4.39 Å². The molecule has 2 N–H and O–H groups in total. The summed E-state index contributed by atoms with van der Waals surface area (Å²) in [6.07, 6.45) is 4.01. The average molecular weight is 599 g/mol. The van der Waals surface area contributed by atoms with Gasteiger partial charge in [0.05, 0.1) is 42.3 Å². The molecule has 0 unspecified atom stereocenters. The molecule has 6 rings (SSSR count). The number of nitrogens with zero attached hydrogens (tertiary/aromatic N) is 3. The minimum Gasteiger partial charge on any atom is -0.496 e. The normalized spacial score (nSPS) is 21.5. The smallest absolute Gasteiger partial charge is 0.332 e. The Kier molecular flexibility index (Phi) is 7.73. The Morgan fingerprint density at radius 3 is 2.67 bits per heavy atom. The second kappa shape index (κ2) is 11.5. The van der Waals surface area contributed by atoms with Gasteiger partial charge in [0, 0.05) is 12.1 Å². The Morgan fingerprint density at radius 1 is 1.21 bits per heavy atom. The summed E-state index contributed by atoms with van der Waals surface area (Å²) in [4.78, 5) is 46.0. The maximum Gasteiger partial charge on any atom is 0.332 e. The van der Waals surface area contributed by atoms with Gasteiger partial charge < -0.3 is 24.3 Å². The highest BCUT2D eigenvalue weighted by atomic mass is 32.1. The first-order valence-electron chi connectivity index (χ1n) is 13.9. The van der Waals surface area contributed by atoms with E-state index in [1.165, 1.54) is 53.7 Å². The van der Waals surface area contributed by atoms with E-state index in [0.29, 0.717) is 64.7 Å². The number of carbonyl (C=O) groups is 1. The number of benzene rings is 1. The summed E-state index contributed by atoms with van der Waals surface area (Å²) in [5.41, 5.74) is -0.258. The number of thiophene rings is 1. The lowest BCUT2D eigenvalue weighted by Gasteiger charge is -2.31. The van der Waals surface area contributed by atoms with E-state index >= 15 is 0 Å². The van der Waals surface area contributed by atoms with E-state index in [1.54, 1.807) is 6.92 Å². The Hall–Kier alpha value is -3.81. The van der Waals surface area contributed by atoms with Crippen molar-refractivity contribution in [1.82, 2.24) is 19.4 Å². The molecule has 1 aliphatic carbocycles. The van der Waals surface area contributed by atoms with Crippen LogP contribution >= 0.6 is 11.3 Å². The lowest BCUT2D eigenvalue weighted by molar-refractivity contribution is -0.122. The van der Waals surface area contributed by atoms with Gasteiger partial charge in [-0.2, -0.15) is 0 Å². The van der Waals surface area contributed by atoms with Crippen LogP contribution in [0.1, 0.15) is 55.4 Å². The van der Waals surface area contributed by atoms with Crippen molar-refractivity contribution < 1.29 is 28.2 Å². The molecule has 13 heteroatoms. The van der Waals surface area contributed by atoms with Crippen LogP contribution in [0.15, 0.2) is 44.7 Å². The number of aliphatic hydroxyl groups is 1. The van der Waals surface area contributed by atoms with E-state index in [2.05, 4.69) is 10.3 Å². The number of hydrogen-bond donors (Lipinski definition) is 2. The molecule has 1 amide bonds. The molecular weight excluding hydrogens is 567 g/mol. The molecule has 11 nitrogen and oxygen atoms in total. The maximum atomic E-state index is 14.6. The molecule has 0 radical (unpaired) electrons. The van der Waals surface area contributed by atoms with E-state index in [-0.39, 0.29) is 24.5 Å². The topological polar surface area (TPSA) is 138 Å². The van der Waals surface area contributed by atoms with Crippen LogP contribution < -0.4 is 21.3 Å². The van der Waals surface area contributed by atoms with E-state index in [1.807, 2.05) is 0 Å². The van der Waals surface area contributed by atoms with Crippen LogP contribution in [-0.2, 0) is 16.1 Å². The lowest BCUT2D eigenvalue weighted by atomic mass is 9.94. The van der Waals surface area contributed by atoms with Crippen LogP contribution in [-0.4, -0.2) is 51.0 Å². The van der Waals surface area contributed by atoms with Gasteiger partial charge in [0.2, 0.25) is 11.8 Å². The van der Waals surface area contributed by atoms with Crippen LogP contribution in [0.5, 0.6) is 5.75 Å². The molecule has 0 spiro atoms. The fourth-order valence-corrected chi connectivity index (χ4v) is 7.16. The number of fused-ring (bicyclic) bond motifs is 1. The molecule has 42 heavy (non-hydrogen) atoms. The highest BCUT2D eigenvalue weighted by Crippen LogP contribution is 2.38. The Morgan fingerprint density at radius 2 is 2.00 bits per heavy atom. The van der Waals surface area contributed by atoms with Crippen molar-refractivity contribution in [2.75, 3.05) is 13.7 Å². The summed E-state index contributed by atoms with van der Waals surface area (Å²) in [7, 11) is 1.47.